The van der Waals surface area contributed by atoms with E-state index in [2.05, 4.69) is 10.6 Å². The fourth-order valence-corrected chi connectivity index (χ4v) is 1.60. The van der Waals surface area contributed by atoms with Gasteiger partial charge in [-0.25, -0.2) is 0 Å². The van der Waals surface area contributed by atoms with Gasteiger partial charge in [-0.2, -0.15) is 0 Å². The first-order chi connectivity index (χ1) is 7.69. The van der Waals surface area contributed by atoms with E-state index < -0.39 is 0 Å². The van der Waals surface area contributed by atoms with Crippen LogP contribution in [0, 0.1) is 0 Å². The van der Waals surface area contributed by atoms with Crippen molar-refractivity contribution in [3.8, 4) is 0 Å². The molecule has 0 aromatic rings. The van der Waals surface area contributed by atoms with Gasteiger partial charge in [-0.05, 0) is 26.1 Å². The van der Waals surface area contributed by atoms with Crippen LogP contribution in [0.2, 0.25) is 0 Å². The molecule has 0 unspecified atom stereocenters. The first-order valence-electron chi connectivity index (χ1n) is 5.75. The topological polar surface area (TPSA) is 44.4 Å². The Balaban J connectivity index is 2.72. The molecule has 0 atom stereocenters. The van der Waals surface area contributed by atoms with Crippen LogP contribution in [0.1, 0.15) is 20.3 Å². The smallest absolute Gasteiger partial charge is 0.226 e. The molecule has 1 amide bonds. The summed E-state index contributed by atoms with van der Waals surface area (Å²) in [4.78, 5) is 13.7. The summed E-state index contributed by atoms with van der Waals surface area (Å²) < 4.78 is 0. The van der Waals surface area contributed by atoms with Crippen LogP contribution in [0.3, 0.4) is 0 Å². The molecule has 2 N–H and O–H groups in total. The minimum absolute atomic E-state index is 0.177. The molecule has 90 valence electrons. The van der Waals surface area contributed by atoms with Crippen LogP contribution < -0.4 is 10.6 Å². The molecule has 0 saturated heterocycles. The van der Waals surface area contributed by atoms with Gasteiger partial charge in [-0.1, -0.05) is 6.92 Å². The lowest BCUT2D eigenvalue weighted by Gasteiger charge is -2.27. The number of carbonyl (C=O) groups excluding carboxylic acids is 1. The quantitative estimate of drug-likeness (QED) is 0.726. The highest BCUT2D eigenvalue weighted by Crippen LogP contribution is 2.10. The van der Waals surface area contributed by atoms with E-state index in [1.165, 1.54) is 0 Å². The molecule has 0 aromatic carbocycles. The summed E-state index contributed by atoms with van der Waals surface area (Å²) in [5, 5.41) is 6.31. The minimum Gasteiger partial charge on any atom is -0.383 e. The van der Waals surface area contributed by atoms with E-state index >= 15 is 0 Å². The molecule has 4 nitrogen and oxygen atoms in total. The highest BCUT2D eigenvalue weighted by Gasteiger charge is 2.16. The number of likely N-dealkylation sites (N-methyl/N-ethyl adjacent to an activating group) is 1. The second-order valence-corrected chi connectivity index (χ2v) is 3.86. The van der Waals surface area contributed by atoms with Gasteiger partial charge in [0.25, 0.3) is 0 Å². The Morgan fingerprint density at radius 3 is 2.81 bits per heavy atom. The maximum Gasteiger partial charge on any atom is 0.226 e. The van der Waals surface area contributed by atoms with Crippen molar-refractivity contribution in [3.05, 3.63) is 23.5 Å². The Bertz CT molecular complexity index is 307. The predicted octanol–water partition coefficient (Wildman–Crippen LogP) is 0.835. The normalized spacial score (nSPS) is 14.9. The van der Waals surface area contributed by atoms with Crippen molar-refractivity contribution in [2.45, 2.75) is 20.3 Å². The average Bonchev–Trinajstić information content (AvgIpc) is 2.31. The van der Waals surface area contributed by atoms with Gasteiger partial charge in [0.15, 0.2) is 0 Å². The zero-order valence-corrected chi connectivity index (χ0v) is 10.3. The molecule has 1 heterocycles. The lowest BCUT2D eigenvalue weighted by atomic mass is 10.2. The lowest BCUT2D eigenvalue weighted by Crippen LogP contribution is -2.39. The monoisotopic (exact) mass is 223 g/mol. The summed E-state index contributed by atoms with van der Waals surface area (Å²) in [6.45, 7) is 6.19. The van der Waals surface area contributed by atoms with Crippen molar-refractivity contribution < 1.29 is 4.79 Å². The Labute approximate surface area is 97.4 Å². The molecule has 0 spiro atoms. The SMILES string of the molecule is CCC(=O)N(CCNC)C1=CC=C(C)NC1. The molecule has 4 heteroatoms. The third-order valence-electron chi connectivity index (χ3n) is 2.61. The number of dihydropyridines is 1. The number of hydrogen-bond acceptors (Lipinski definition) is 3. The minimum atomic E-state index is 0.177. The molecule has 1 aliphatic heterocycles. The Hall–Kier alpha value is -1.29. The summed E-state index contributed by atoms with van der Waals surface area (Å²) in [5.41, 5.74) is 2.19. The lowest BCUT2D eigenvalue weighted by molar-refractivity contribution is -0.129. The Morgan fingerprint density at radius 2 is 2.31 bits per heavy atom. The number of nitrogens with one attached hydrogen (secondary N) is 2. The van der Waals surface area contributed by atoms with Crippen molar-refractivity contribution in [2.24, 2.45) is 0 Å². The maximum absolute atomic E-state index is 11.8. The molecule has 16 heavy (non-hydrogen) atoms. The molecular weight excluding hydrogens is 202 g/mol. The van der Waals surface area contributed by atoms with Crippen molar-refractivity contribution in [1.82, 2.24) is 15.5 Å². The number of hydrogen-bond donors (Lipinski definition) is 2. The third kappa shape index (κ3) is 3.38. The third-order valence-corrected chi connectivity index (χ3v) is 2.61. The second-order valence-electron chi connectivity index (χ2n) is 3.86. The van der Waals surface area contributed by atoms with E-state index in [9.17, 15) is 4.79 Å². The first kappa shape index (κ1) is 12.8. The summed E-state index contributed by atoms with van der Waals surface area (Å²) in [6.07, 6.45) is 4.58. The van der Waals surface area contributed by atoms with Gasteiger partial charge < -0.3 is 15.5 Å². The van der Waals surface area contributed by atoms with Crippen LogP contribution in [0.4, 0.5) is 0 Å². The van der Waals surface area contributed by atoms with Crippen LogP contribution in [0.15, 0.2) is 23.5 Å². The summed E-state index contributed by atoms with van der Waals surface area (Å²) in [6, 6.07) is 0. The predicted molar refractivity (Wildman–Crippen MR) is 65.8 cm³/mol. The van der Waals surface area contributed by atoms with E-state index in [1.54, 1.807) is 0 Å². The Kier molecular flexibility index (Phi) is 5.05. The number of carbonyl (C=O) groups is 1. The van der Waals surface area contributed by atoms with E-state index in [1.807, 2.05) is 37.9 Å². The maximum atomic E-state index is 11.8. The van der Waals surface area contributed by atoms with E-state index in [-0.39, 0.29) is 5.91 Å². The molecular formula is C12H21N3O. The van der Waals surface area contributed by atoms with Gasteiger partial charge in [-0.3, -0.25) is 4.79 Å². The zero-order chi connectivity index (χ0) is 12.0. The van der Waals surface area contributed by atoms with E-state index in [0.717, 1.165) is 31.0 Å². The van der Waals surface area contributed by atoms with Crippen LogP contribution in [0.5, 0.6) is 0 Å². The van der Waals surface area contributed by atoms with E-state index in [4.69, 9.17) is 0 Å². The number of rotatable bonds is 5. The molecule has 0 saturated carbocycles. The molecule has 1 rings (SSSR count). The highest BCUT2D eigenvalue weighted by atomic mass is 16.2. The van der Waals surface area contributed by atoms with Crippen LogP contribution >= 0.6 is 0 Å². The fraction of sp³-hybridized carbons (Fsp3) is 0.583. The highest BCUT2D eigenvalue weighted by molar-refractivity contribution is 5.78. The summed E-state index contributed by atoms with van der Waals surface area (Å²) in [5.74, 6) is 0.177. The molecule has 0 bridgehead atoms. The molecule has 0 aliphatic carbocycles. The average molecular weight is 223 g/mol. The molecule has 0 radical (unpaired) electrons. The van der Waals surface area contributed by atoms with Gasteiger partial charge in [0.05, 0.1) is 6.54 Å². The van der Waals surface area contributed by atoms with Gasteiger partial charge in [-0.15, -0.1) is 0 Å². The summed E-state index contributed by atoms with van der Waals surface area (Å²) in [7, 11) is 1.89. The second kappa shape index (κ2) is 6.33. The molecule has 0 fully saturated rings. The summed E-state index contributed by atoms with van der Waals surface area (Å²) >= 11 is 0. The van der Waals surface area contributed by atoms with Crippen LogP contribution in [-0.4, -0.2) is 37.5 Å². The van der Waals surface area contributed by atoms with Crippen LogP contribution in [-0.2, 0) is 4.79 Å². The van der Waals surface area contributed by atoms with Crippen LogP contribution in [0.25, 0.3) is 0 Å². The van der Waals surface area contributed by atoms with Crippen molar-refractivity contribution in [3.63, 3.8) is 0 Å². The van der Waals surface area contributed by atoms with Crippen molar-refractivity contribution in [1.29, 1.82) is 0 Å². The van der Waals surface area contributed by atoms with Gasteiger partial charge >= 0.3 is 0 Å². The standard InChI is InChI=1S/C12H21N3O/c1-4-12(16)15(8-7-13-3)11-6-5-10(2)14-9-11/h5-6,13-14H,4,7-9H2,1-3H3. The number of allylic oxidation sites excluding steroid dienone is 3. The number of nitrogens with zero attached hydrogens (tertiary/aromatic N) is 1. The molecule has 1 aliphatic rings. The van der Waals surface area contributed by atoms with Gasteiger partial charge in [0.1, 0.15) is 0 Å². The van der Waals surface area contributed by atoms with Crippen molar-refractivity contribution in [2.75, 3.05) is 26.7 Å². The Morgan fingerprint density at radius 1 is 1.56 bits per heavy atom. The van der Waals surface area contributed by atoms with E-state index in [0.29, 0.717) is 6.42 Å². The number of amides is 1. The molecule has 0 aromatic heterocycles. The zero-order valence-electron chi connectivity index (χ0n) is 10.3. The first-order valence-corrected chi connectivity index (χ1v) is 5.75. The van der Waals surface area contributed by atoms with Crippen molar-refractivity contribution >= 4 is 5.91 Å². The van der Waals surface area contributed by atoms with Gasteiger partial charge in [0.2, 0.25) is 5.91 Å². The van der Waals surface area contributed by atoms with Gasteiger partial charge in [0, 0.05) is 30.9 Å². The largest absolute Gasteiger partial charge is 0.383 e. The fourth-order valence-electron chi connectivity index (χ4n) is 1.60.